The van der Waals surface area contributed by atoms with Crippen LogP contribution in [-0.4, -0.2) is 29.1 Å². The Kier molecular flexibility index (Phi) is 3.25. The zero-order chi connectivity index (χ0) is 13.6. The molecule has 0 heterocycles. The van der Waals surface area contributed by atoms with E-state index in [1.165, 1.54) is 0 Å². The van der Waals surface area contributed by atoms with E-state index in [1.807, 2.05) is 0 Å². The molecule has 3 aliphatic rings. The lowest BCUT2D eigenvalue weighted by molar-refractivity contribution is -0.142. The summed E-state index contributed by atoms with van der Waals surface area (Å²) in [4.78, 5) is 23.5. The number of carbonyl (C=O) groups excluding carboxylic acids is 1. The molecule has 3 aliphatic carbocycles. The number of hydrogen-bond acceptors (Lipinski definition) is 3. The Hall–Kier alpha value is -1.10. The van der Waals surface area contributed by atoms with Crippen molar-refractivity contribution in [2.24, 2.45) is 29.4 Å². The summed E-state index contributed by atoms with van der Waals surface area (Å²) in [6.45, 7) is 0. The van der Waals surface area contributed by atoms with E-state index in [-0.39, 0.29) is 23.9 Å². The number of carboxylic acids is 1. The maximum absolute atomic E-state index is 12.4. The summed E-state index contributed by atoms with van der Waals surface area (Å²) in [7, 11) is 0. The lowest BCUT2D eigenvalue weighted by Crippen LogP contribution is -2.49. The highest BCUT2D eigenvalue weighted by Gasteiger charge is 2.49. The fourth-order valence-corrected chi connectivity index (χ4v) is 4.43. The Labute approximate surface area is 112 Å². The molecule has 0 aliphatic heterocycles. The van der Waals surface area contributed by atoms with Crippen LogP contribution in [0.25, 0.3) is 0 Å². The van der Waals surface area contributed by atoms with Crippen molar-refractivity contribution < 1.29 is 14.7 Å². The van der Waals surface area contributed by atoms with Gasteiger partial charge in [-0.05, 0) is 43.9 Å². The zero-order valence-corrected chi connectivity index (χ0v) is 11.0. The predicted octanol–water partition coefficient (Wildman–Crippen LogP) is 0.729. The van der Waals surface area contributed by atoms with Gasteiger partial charge in [-0.1, -0.05) is 6.42 Å². The number of nitrogens with one attached hydrogen (secondary N) is 1. The van der Waals surface area contributed by atoms with Crippen molar-refractivity contribution in [1.29, 1.82) is 0 Å². The second-order valence-electron chi connectivity index (χ2n) is 6.43. The van der Waals surface area contributed by atoms with Gasteiger partial charge in [-0.25, -0.2) is 0 Å². The molecule has 6 atom stereocenters. The Morgan fingerprint density at radius 1 is 1.11 bits per heavy atom. The molecule has 0 aromatic carbocycles. The molecule has 1 amide bonds. The largest absolute Gasteiger partial charge is 0.481 e. The van der Waals surface area contributed by atoms with E-state index in [1.54, 1.807) is 0 Å². The normalized spacial score (nSPS) is 44.5. The molecule has 3 saturated carbocycles. The molecule has 0 spiro atoms. The first-order valence-electron chi connectivity index (χ1n) is 7.36. The molecule has 0 aromatic rings. The van der Waals surface area contributed by atoms with Gasteiger partial charge in [0, 0.05) is 12.1 Å². The van der Waals surface area contributed by atoms with Crippen molar-refractivity contribution in [2.75, 3.05) is 0 Å². The molecule has 0 radical (unpaired) electrons. The van der Waals surface area contributed by atoms with Crippen molar-refractivity contribution in [3.05, 3.63) is 0 Å². The number of hydrogen-bond donors (Lipinski definition) is 3. The molecular weight excluding hydrogens is 244 g/mol. The molecule has 4 N–H and O–H groups in total. The third kappa shape index (κ3) is 2.14. The van der Waals surface area contributed by atoms with Crippen LogP contribution < -0.4 is 11.1 Å². The summed E-state index contributed by atoms with van der Waals surface area (Å²) >= 11 is 0. The number of carboxylic acid groups (broad SMARTS) is 1. The Balaban J connectivity index is 1.64. The van der Waals surface area contributed by atoms with Crippen molar-refractivity contribution in [2.45, 2.75) is 50.6 Å². The van der Waals surface area contributed by atoms with Crippen molar-refractivity contribution in [3.63, 3.8) is 0 Å². The van der Waals surface area contributed by atoms with Gasteiger partial charge in [0.15, 0.2) is 0 Å². The van der Waals surface area contributed by atoms with Gasteiger partial charge in [0.2, 0.25) is 5.91 Å². The fraction of sp³-hybridized carbons (Fsp3) is 0.857. The van der Waals surface area contributed by atoms with Crippen LogP contribution >= 0.6 is 0 Å². The smallest absolute Gasteiger partial charge is 0.308 e. The summed E-state index contributed by atoms with van der Waals surface area (Å²) in [5, 5.41) is 12.1. The maximum Gasteiger partial charge on any atom is 0.308 e. The van der Waals surface area contributed by atoms with Gasteiger partial charge in [0.25, 0.3) is 0 Å². The molecule has 2 bridgehead atoms. The maximum atomic E-state index is 12.4. The monoisotopic (exact) mass is 266 g/mol. The average molecular weight is 266 g/mol. The van der Waals surface area contributed by atoms with E-state index in [0.29, 0.717) is 18.3 Å². The number of amides is 1. The molecule has 5 heteroatoms. The van der Waals surface area contributed by atoms with E-state index in [4.69, 9.17) is 10.8 Å². The first kappa shape index (κ1) is 12.9. The summed E-state index contributed by atoms with van der Waals surface area (Å²) in [6, 6.07) is -0.222. The lowest BCUT2D eigenvalue weighted by atomic mass is 9.84. The molecule has 0 aromatic heterocycles. The van der Waals surface area contributed by atoms with Crippen LogP contribution in [0.5, 0.6) is 0 Å². The summed E-state index contributed by atoms with van der Waals surface area (Å²) in [5.41, 5.74) is 6.16. The van der Waals surface area contributed by atoms with E-state index in [9.17, 15) is 9.59 Å². The van der Waals surface area contributed by atoms with Crippen LogP contribution in [0.2, 0.25) is 0 Å². The molecule has 0 saturated heterocycles. The summed E-state index contributed by atoms with van der Waals surface area (Å²) < 4.78 is 0. The number of nitrogens with two attached hydrogens (primary N) is 1. The number of fused-ring (bicyclic) bond motifs is 2. The molecule has 19 heavy (non-hydrogen) atoms. The molecule has 5 nitrogen and oxygen atoms in total. The topological polar surface area (TPSA) is 92.4 Å². The number of aliphatic carboxylic acids is 1. The van der Waals surface area contributed by atoms with Gasteiger partial charge in [-0.3, -0.25) is 9.59 Å². The van der Waals surface area contributed by atoms with Crippen LogP contribution in [-0.2, 0) is 9.59 Å². The molecule has 6 unspecified atom stereocenters. The molecular formula is C14H22N2O3. The SMILES string of the molecule is NC1C2CCC(C2)C1C(=O)NC1CCCC1C(=O)O. The van der Waals surface area contributed by atoms with E-state index < -0.39 is 11.9 Å². The third-order valence-electron chi connectivity index (χ3n) is 5.44. The first-order valence-corrected chi connectivity index (χ1v) is 7.36. The van der Waals surface area contributed by atoms with E-state index >= 15 is 0 Å². The Morgan fingerprint density at radius 3 is 2.47 bits per heavy atom. The van der Waals surface area contributed by atoms with Crippen molar-refractivity contribution in [3.8, 4) is 0 Å². The highest BCUT2D eigenvalue weighted by Crippen LogP contribution is 2.47. The van der Waals surface area contributed by atoms with Crippen LogP contribution in [0.4, 0.5) is 0 Å². The average Bonchev–Trinajstić information content (AvgIpc) is 3.02. The molecule has 3 rings (SSSR count). The second-order valence-corrected chi connectivity index (χ2v) is 6.43. The van der Waals surface area contributed by atoms with Gasteiger partial charge in [-0.2, -0.15) is 0 Å². The summed E-state index contributed by atoms with van der Waals surface area (Å²) in [5.74, 6) is -0.380. The molecule has 106 valence electrons. The number of carbonyl (C=O) groups is 2. The van der Waals surface area contributed by atoms with Crippen molar-refractivity contribution >= 4 is 11.9 Å². The standard InChI is InChI=1S/C14H22N2O3/c15-12-8-5-4-7(6-8)11(12)13(17)16-10-3-1-2-9(10)14(18)19/h7-12H,1-6,15H2,(H,16,17)(H,18,19). The Bertz CT molecular complexity index is 396. The molecule has 3 fully saturated rings. The van der Waals surface area contributed by atoms with Gasteiger partial charge >= 0.3 is 5.97 Å². The Morgan fingerprint density at radius 2 is 1.84 bits per heavy atom. The van der Waals surface area contributed by atoms with Crippen LogP contribution in [0.15, 0.2) is 0 Å². The predicted molar refractivity (Wildman–Crippen MR) is 69.2 cm³/mol. The highest BCUT2D eigenvalue weighted by atomic mass is 16.4. The lowest BCUT2D eigenvalue weighted by Gasteiger charge is -2.29. The minimum atomic E-state index is -0.792. The minimum absolute atomic E-state index is 0.00199. The van der Waals surface area contributed by atoms with Crippen LogP contribution in [0, 0.1) is 23.7 Å². The second kappa shape index (κ2) is 4.78. The first-order chi connectivity index (χ1) is 9.08. The van der Waals surface area contributed by atoms with Gasteiger partial charge in [0.1, 0.15) is 0 Å². The zero-order valence-electron chi connectivity index (χ0n) is 11.0. The van der Waals surface area contributed by atoms with E-state index in [2.05, 4.69) is 5.32 Å². The van der Waals surface area contributed by atoms with Crippen molar-refractivity contribution in [1.82, 2.24) is 5.32 Å². The summed E-state index contributed by atoms with van der Waals surface area (Å²) in [6.07, 6.45) is 5.65. The minimum Gasteiger partial charge on any atom is -0.481 e. The van der Waals surface area contributed by atoms with Crippen LogP contribution in [0.3, 0.4) is 0 Å². The van der Waals surface area contributed by atoms with Gasteiger partial charge < -0.3 is 16.2 Å². The quantitative estimate of drug-likeness (QED) is 0.702. The van der Waals surface area contributed by atoms with Crippen LogP contribution in [0.1, 0.15) is 38.5 Å². The van der Waals surface area contributed by atoms with Gasteiger partial charge in [-0.15, -0.1) is 0 Å². The number of rotatable bonds is 3. The third-order valence-corrected chi connectivity index (χ3v) is 5.44. The van der Waals surface area contributed by atoms with Gasteiger partial charge in [0.05, 0.1) is 11.8 Å². The van der Waals surface area contributed by atoms with E-state index in [0.717, 1.165) is 32.1 Å². The highest BCUT2D eigenvalue weighted by molar-refractivity contribution is 5.82. The fourth-order valence-electron chi connectivity index (χ4n) is 4.43.